The SMILES string of the molecule is CCOC(=O)c1cccc(Cc2cc(Cl)ccc2CCC(CC)CC)n1. The van der Waals surface area contributed by atoms with Crippen molar-refractivity contribution in [3.8, 4) is 0 Å². The number of ether oxygens (including phenoxy) is 1. The van der Waals surface area contributed by atoms with Gasteiger partial charge in [-0.25, -0.2) is 9.78 Å². The van der Waals surface area contributed by atoms with E-state index in [0.717, 1.165) is 23.1 Å². The Bertz CT molecular complexity index is 726. The van der Waals surface area contributed by atoms with Crippen LogP contribution in [0.2, 0.25) is 5.02 Å². The van der Waals surface area contributed by atoms with Crippen molar-refractivity contribution < 1.29 is 9.53 Å². The van der Waals surface area contributed by atoms with Crippen LogP contribution in [0.25, 0.3) is 0 Å². The van der Waals surface area contributed by atoms with Crippen LogP contribution in [-0.2, 0) is 17.6 Å². The van der Waals surface area contributed by atoms with E-state index < -0.39 is 0 Å². The Hall–Kier alpha value is -1.87. The molecule has 26 heavy (non-hydrogen) atoms. The molecule has 1 aromatic heterocycles. The molecule has 0 aliphatic heterocycles. The lowest BCUT2D eigenvalue weighted by Gasteiger charge is -2.15. The predicted octanol–water partition coefficient (Wildman–Crippen LogP) is 5.87. The van der Waals surface area contributed by atoms with E-state index in [-0.39, 0.29) is 5.97 Å². The number of benzene rings is 1. The number of aryl methyl sites for hydroxylation is 1. The summed E-state index contributed by atoms with van der Waals surface area (Å²) in [5.74, 6) is 0.373. The molecular formula is C22H28ClNO2. The van der Waals surface area contributed by atoms with Crippen LogP contribution in [0.3, 0.4) is 0 Å². The molecule has 0 aliphatic carbocycles. The highest BCUT2D eigenvalue weighted by molar-refractivity contribution is 6.30. The first-order valence-corrected chi connectivity index (χ1v) is 9.85. The van der Waals surface area contributed by atoms with Crippen LogP contribution in [-0.4, -0.2) is 17.6 Å². The first kappa shape index (κ1) is 20.4. The number of pyridine rings is 1. The molecule has 0 saturated heterocycles. The maximum Gasteiger partial charge on any atom is 0.356 e. The van der Waals surface area contributed by atoms with E-state index >= 15 is 0 Å². The van der Waals surface area contributed by atoms with Gasteiger partial charge in [-0.15, -0.1) is 0 Å². The quantitative estimate of drug-likeness (QED) is 0.516. The van der Waals surface area contributed by atoms with E-state index in [1.54, 1.807) is 13.0 Å². The number of aromatic nitrogens is 1. The number of carbonyl (C=O) groups excluding carboxylic acids is 1. The monoisotopic (exact) mass is 373 g/mol. The Morgan fingerprint density at radius 3 is 2.58 bits per heavy atom. The second-order valence-corrected chi connectivity index (χ2v) is 6.98. The van der Waals surface area contributed by atoms with Crippen LogP contribution >= 0.6 is 11.6 Å². The van der Waals surface area contributed by atoms with Crippen molar-refractivity contribution in [3.05, 3.63) is 63.9 Å². The number of nitrogens with zero attached hydrogens (tertiary/aromatic N) is 1. The molecule has 1 heterocycles. The summed E-state index contributed by atoms with van der Waals surface area (Å²) in [6, 6.07) is 11.6. The van der Waals surface area contributed by atoms with Crippen LogP contribution in [0.15, 0.2) is 36.4 Å². The topological polar surface area (TPSA) is 39.2 Å². The van der Waals surface area contributed by atoms with Gasteiger partial charge in [-0.2, -0.15) is 0 Å². The van der Waals surface area contributed by atoms with E-state index in [4.69, 9.17) is 16.3 Å². The number of rotatable bonds is 9. The highest BCUT2D eigenvalue weighted by Gasteiger charge is 2.12. The van der Waals surface area contributed by atoms with Gasteiger partial charge in [0.2, 0.25) is 0 Å². The van der Waals surface area contributed by atoms with Crippen molar-refractivity contribution in [2.75, 3.05) is 6.61 Å². The molecule has 0 saturated carbocycles. The van der Waals surface area contributed by atoms with Gasteiger partial charge >= 0.3 is 5.97 Å². The molecule has 0 spiro atoms. The van der Waals surface area contributed by atoms with Crippen LogP contribution in [0.5, 0.6) is 0 Å². The van der Waals surface area contributed by atoms with Crippen molar-refractivity contribution in [2.24, 2.45) is 5.92 Å². The third-order valence-electron chi connectivity index (χ3n) is 4.81. The number of esters is 1. The number of hydrogen-bond donors (Lipinski definition) is 0. The molecule has 2 aromatic rings. The lowest BCUT2D eigenvalue weighted by Crippen LogP contribution is -2.09. The van der Waals surface area contributed by atoms with Gasteiger partial charge in [-0.3, -0.25) is 0 Å². The van der Waals surface area contributed by atoms with Gasteiger partial charge in [0.1, 0.15) is 5.69 Å². The summed E-state index contributed by atoms with van der Waals surface area (Å²) in [7, 11) is 0. The Morgan fingerprint density at radius 1 is 1.12 bits per heavy atom. The highest BCUT2D eigenvalue weighted by Crippen LogP contribution is 2.23. The zero-order valence-electron chi connectivity index (χ0n) is 15.9. The smallest absolute Gasteiger partial charge is 0.356 e. The largest absolute Gasteiger partial charge is 0.461 e. The van der Waals surface area contributed by atoms with Crippen molar-refractivity contribution in [1.82, 2.24) is 4.98 Å². The molecule has 0 fully saturated rings. The predicted molar refractivity (Wildman–Crippen MR) is 107 cm³/mol. The second-order valence-electron chi connectivity index (χ2n) is 6.55. The molecular weight excluding hydrogens is 346 g/mol. The fourth-order valence-electron chi connectivity index (χ4n) is 3.15. The molecule has 0 atom stereocenters. The summed E-state index contributed by atoms with van der Waals surface area (Å²) in [4.78, 5) is 16.4. The number of carbonyl (C=O) groups is 1. The van der Waals surface area contributed by atoms with E-state index in [2.05, 4.69) is 24.9 Å². The first-order valence-electron chi connectivity index (χ1n) is 9.47. The molecule has 0 amide bonds. The molecule has 3 nitrogen and oxygen atoms in total. The third-order valence-corrected chi connectivity index (χ3v) is 5.04. The van der Waals surface area contributed by atoms with Crippen molar-refractivity contribution in [2.45, 2.75) is 52.9 Å². The van der Waals surface area contributed by atoms with Crippen LogP contribution < -0.4 is 0 Å². The van der Waals surface area contributed by atoms with Gasteiger partial charge in [0.05, 0.1) is 6.61 Å². The minimum absolute atomic E-state index is 0.346. The Labute approximate surface area is 161 Å². The van der Waals surface area contributed by atoms with Crippen LogP contribution in [0.4, 0.5) is 0 Å². The molecule has 140 valence electrons. The molecule has 0 N–H and O–H groups in total. The average Bonchev–Trinajstić information content (AvgIpc) is 2.64. The molecule has 0 aliphatic rings. The summed E-state index contributed by atoms with van der Waals surface area (Å²) >= 11 is 6.23. The second kappa shape index (κ2) is 10.3. The summed E-state index contributed by atoms with van der Waals surface area (Å²) in [6.45, 7) is 6.64. The zero-order chi connectivity index (χ0) is 18.9. The van der Waals surface area contributed by atoms with Crippen LogP contribution in [0, 0.1) is 5.92 Å². The normalized spacial score (nSPS) is 11.0. The molecule has 4 heteroatoms. The van der Waals surface area contributed by atoms with Crippen molar-refractivity contribution in [3.63, 3.8) is 0 Å². The highest BCUT2D eigenvalue weighted by atomic mass is 35.5. The van der Waals surface area contributed by atoms with Crippen molar-refractivity contribution in [1.29, 1.82) is 0 Å². The Kier molecular flexibility index (Phi) is 8.11. The first-order chi connectivity index (χ1) is 12.6. The summed E-state index contributed by atoms with van der Waals surface area (Å²) in [5, 5.41) is 0.729. The van der Waals surface area contributed by atoms with Crippen LogP contribution in [0.1, 0.15) is 67.3 Å². The summed E-state index contributed by atoms with van der Waals surface area (Å²) < 4.78 is 5.04. The zero-order valence-corrected chi connectivity index (χ0v) is 16.7. The van der Waals surface area contributed by atoms with E-state index in [1.807, 2.05) is 24.3 Å². The summed E-state index contributed by atoms with van der Waals surface area (Å²) in [6.07, 6.45) is 5.30. The molecule has 2 rings (SSSR count). The van der Waals surface area contributed by atoms with E-state index in [9.17, 15) is 4.79 Å². The number of hydrogen-bond acceptors (Lipinski definition) is 3. The Balaban J connectivity index is 2.19. The molecule has 0 radical (unpaired) electrons. The molecule has 1 aromatic carbocycles. The van der Waals surface area contributed by atoms with Gasteiger partial charge in [0.15, 0.2) is 0 Å². The fourth-order valence-corrected chi connectivity index (χ4v) is 3.35. The van der Waals surface area contributed by atoms with E-state index in [1.165, 1.54) is 30.4 Å². The van der Waals surface area contributed by atoms with Gasteiger partial charge in [-0.1, -0.05) is 50.4 Å². The lowest BCUT2D eigenvalue weighted by atomic mass is 9.92. The molecule has 0 bridgehead atoms. The minimum Gasteiger partial charge on any atom is -0.461 e. The van der Waals surface area contributed by atoms with Crippen molar-refractivity contribution >= 4 is 17.6 Å². The molecule has 0 unspecified atom stereocenters. The average molecular weight is 374 g/mol. The van der Waals surface area contributed by atoms with Gasteiger partial charge < -0.3 is 4.74 Å². The van der Waals surface area contributed by atoms with Gasteiger partial charge in [0, 0.05) is 17.1 Å². The van der Waals surface area contributed by atoms with E-state index in [0.29, 0.717) is 18.7 Å². The minimum atomic E-state index is -0.380. The third kappa shape index (κ3) is 5.84. The van der Waals surface area contributed by atoms with Gasteiger partial charge in [0.25, 0.3) is 0 Å². The Morgan fingerprint density at radius 2 is 1.88 bits per heavy atom. The lowest BCUT2D eigenvalue weighted by molar-refractivity contribution is 0.0519. The standard InChI is InChI=1S/C22H28ClNO2/c1-4-16(5-2)10-11-17-12-13-19(23)14-18(17)15-20-8-7-9-21(24-20)22(25)26-6-3/h7-9,12-14,16H,4-6,10-11,15H2,1-3H3. The number of halogens is 1. The maximum atomic E-state index is 11.9. The summed E-state index contributed by atoms with van der Waals surface area (Å²) in [5.41, 5.74) is 3.69. The van der Waals surface area contributed by atoms with Gasteiger partial charge in [-0.05, 0) is 61.1 Å². The fraction of sp³-hybridized carbons (Fsp3) is 0.455. The maximum absolute atomic E-state index is 11.9.